The molecule has 0 saturated heterocycles. The molecule has 0 aliphatic carbocycles. The molecule has 2 aromatic rings. The van der Waals surface area contributed by atoms with Crippen molar-refractivity contribution in [3.8, 4) is 0 Å². The molecule has 0 spiro atoms. The average molecular weight is 308 g/mol. The highest BCUT2D eigenvalue weighted by atomic mass is 35.5. The first-order chi connectivity index (χ1) is 9.40. The average Bonchev–Trinajstić information content (AvgIpc) is 2.33. The number of hydrogen-bond acceptors (Lipinski definition) is 1. The molecule has 0 heterocycles. The normalized spacial score (nSPS) is 12.3. The van der Waals surface area contributed by atoms with Gasteiger partial charge in [0.1, 0.15) is 0 Å². The molecule has 2 rings (SSSR count). The van der Waals surface area contributed by atoms with Gasteiger partial charge in [-0.3, -0.25) is 0 Å². The molecular weight excluding hydrogens is 289 g/mol. The minimum atomic E-state index is 0.173. The quantitative estimate of drug-likeness (QED) is 0.723. The summed E-state index contributed by atoms with van der Waals surface area (Å²) >= 11 is 12.3. The van der Waals surface area contributed by atoms with Crippen LogP contribution in [0.25, 0.3) is 0 Å². The van der Waals surface area contributed by atoms with Crippen LogP contribution in [-0.4, -0.2) is 0 Å². The first kappa shape index (κ1) is 15.2. The van der Waals surface area contributed by atoms with Crippen molar-refractivity contribution in [3.63, 3.8) is 0 Å². The van der Waals surface area contributed by atoms with E-state index in [1.807, 2.05) is 12.1 Å². The zero-order valence-electron chi connectivity index (χ0n) is 12.2. The van der Waals surface area contributed by atoms with Crippen molar-refractivity contribution < 1.29 is 0 Å². The Kier molecular flexibility index (Phi) is 4.62. The molecule has 1 N–H and O–H groups in total. The van der Waals surface area contributed by atoms with E-state index in [1.165, 1.54) is 22.3 Å². The summed E-state index contributed by atoms with van der Waals surface area (Å²) < 4.78 is 0. The SMILES string of the molecule is Cc1cc(C)c(C(C)Nc2cccc(Cl)c2Cl)c(C)c1. The Morgan fingerprint density at radius 1 is 1.00 bits per heavy atom. The van der Waals surface area contributed by atoms with E-state index in [9.17, 15) is 0 Å². The molecule has 1 nitrogen and oxygen atoms in total. The van der Waals surface area contributed by atoms with Crippen LogP contribution < -0.4 is 5.32 Å². The van der Waals surface area contributed by atoms with Gasteiger partial charge in [-0.05, 0) is 56.5 Å². The van der Waals surface area contributed by atoms with Gasteiger partial charge >= 0.3 is 0 Å². The second kappa shape index (κ2) is 6.07. The zero-order chi connectivity index (χ0) is 14.9. The maximum Gasteiger partial charge on any atom is 0.0823 e. The summed E-state index contributed by atoms with van der Waals surface area (Å²) in [5, 5.41) is 4.60. The van der Waals surface area contributed by atoms with E-state index in [0.29, 0.717) is 10.0 Å². The fourth-order valence-electron chi connectivity index (χ4n) is 2.79. The van der Waals surface area contributed by atoms with Gasteiger partial charge in [0.05, 0.1) is 15.7 Å². The van der Waals surface area contributed by atoms with Gasteiger partial charge in [0.25, 0.3) is 0 Å². The van der Waals surface area contributed by atoms with Crippen molar-refractivity contribution in [2.45, 2.75) is 33.7 Å². The Morgan fingerprint density at radius 2 is 1.60 bits per heavy atom. The van der Waals surface area contributed by atoms with E-state index in [4.69, 9.17) is 23.2 Å². The molecule has 0 aliphatic rings. The molecule has 0 radical (unpaired) electrons. The van der Waals surface area contributed by atoms with Crippen LogP contribution in [0.2, 0.25) is 10.0 Å². The van der Waals surface area contributed by atoms with Crippen LogP contribution in [0.1, 0.15) is 35.2 Å². The fraction of sp³-hybridized carbons (Fsp3) is 0.294. The first-order valence-corrected chi connectivity index (χ1v) is 7.44. The predicted molar refractivity (Wildman–Crippen MR) is 89.2 cm³/mol. The van der Waals surface area contributed by atoms with Gasteiger partial charge in [-0.2, -0.15) is 0 Å². The highest BCUT2D eigenvalue weighted by molar-refractivity contribution is 6.43. The van der Waals surface area contributed by atoms with Gasteiger partial charge in [0, 0.05) is 6.04 Å². The Morgan fingerprint density at radius 3 is 2.20 bits per heavy atom. The highest BCUT2D eigenvalue weighted by Gasteiger charge is 2.14. The molecular formula is C17H19Cl2N. The third-order valence-electron chi connectivity index (χ3n) is 3.49. The zero-order valence-corrected chi connectivity index (χ0v) is 13.7. The van der Waals surface area contributed by atoms with E-state index in [1.54, 1.807) is 6.07 Å². The lowest BCUT2D eigenvalue weighted by atomic mass is 9.95. The summed E-state index contributed by atoms with van der Waals surface area (Å²) in [6.07, 6.45) is 0. The van der Waals surface area contributed by atoms with Crippen LogP contribution in [0, 0.1) is 20.8 Å². The van der Waals surface area contributed by atoms with Crippen molar-refractivity contribution in [2.75, 3.05) is 5.32 Å². The number of anilines is 1. The molecule has 0 aromatic heterocycles. The first-order valence-electron chi connectivity index (χ1n) is 6.68. The molecule has 20 heavy (non-hydrogen) atoms. The van der Waals surface area contributed by atoms with Gasteiger partial charge in [-0.1, -0.05) is 47.0 Å². The number of rotatable bonds is 3. The van der Waals surface area contributed by atoms with Crippen LogP contribution in [0.15, 0.2) is 30.3 Å². The van der Waals surface area contributed by atoms with Crippen LogP contribution in [0.3, 0.4) is 0 Å². The van der Waals surface area contributed by atoms with Gasteiger partial charge in [-0.25, -0.2) is 0 Å². The van der Waals surface area contributed by atoms with Gasteiger partial charge in [0.2, 0.25) is 0 Å². The summed E-state index contributed by atoms with van der Waals surface area (Å²) in [6.45, 7) is 8.55. The third-order valence-corrected chi connectivity index (χ3v) is 4.31. The lowest BCUT2D eigenvalue weighted by molar-refractivity contribution is 0.862. The van der Waals surface area contributed by atoms with Crippen LogP contribution in [0.5, 0.6) is 0 Å². The number of benzene rings is 2. The van der Waals surface area contributed by atoms with Crippen LogP contribution in [0.4, 0.5) is 5.69 Å². The molecule has 0 fully saturated rings. The Balaban J connectivity index is 2.33. The van der Waals surface area contributed by atoms with E-state index < -0.39 is 0 Å². The number of hydrogen-bond donors (Lipinski definition) is 1. The van der Waals surface area contributed by atoms with Gasteiger partial charge in [-0.15, -0.1) is 0 Å². The van der Waals surface area contributed by atoms with Crippen molar-refractivity contribution >= 4 is 28.9 Å². The Hall–Kier alpha value is -1.18. The lowest BCUT2D eigenvalue weighted by Gasteiger charge is -2.21. The Labute approximate surface area is 130 Å². The number of aryl methyl sites for hydroxylation is 3. The molecule has 0 saturated carbocycles. The molecule has 1 unspecified atom stereocenters. The molecule has 0 aliphatic heterocycles. The molecule has 2 aromatic carbocycles. The lowest BCUT2D eigenvalue weighted by Crippen LogP contribution is -2.10. The fourth-order valence-corrected chi connectivity index (χ4v) is 3.15. The minimum absolute atomic E-state index is 0.173. The second-order valence-corrected chi connectivity index (χ2v) is 6.06. The van der Waals surface area contributed by atoms with E-state index >= 15 is 0 Å². The monoisotopic (exact) mass is 307 g/mol. The standard InChI is InChI=1S/C17H19Cl2N/c1-10-8-11(2)16(12(3)9-10)13(4)20-15-7-5-6-14(18)17(15)19/h5-9,13,20H,1-4H3. The summed E-state index contributed by atoms with van der Waals surface area (Å²) in [7, 11) is 0. The minimum Gasteiger partial charge on any atom is -0.377 e. The van der Waals surface area contributed by atoms with Crippen LogP contribution >= 0.6 is 23.2 Å². The number of nitrogens with one attached hydrogen (secondary N) is 1. The summed E-state index contributed by atoms with van der Waals surface area (Å²) in [4.78, 5) is 0. The Bertz CT molecular complexity index is 612. The topological polar surface area (TPSA) is 12.0 Å². The summed E-state index contributed by atoms with van der Waals surface area (Å²) in [5.74, 6) is 0. The van der Waals surface area contributed by atoms with Crippen molar-refractivity contribution in [3.05, 3.63) is 62.6 Å². The molecule has 0 amide bonds. The molecule has 1 atom stereocenters. The summed E-state index contributed by atoms with van der Waals surface area (Å²) in [6, 6.07) is 10.2. The predicted octanol–water partition coefficient (Wildman–Crippen LogP) is 6.09. The van der Waals surface area contributed by atoms with E-state index in [-0.39, 0.29) is 6.04 Å². The van der Waals surface area contributed by atoms with E-state index in [0.717, 1.165) is 5.69 Å². The van der Waals surface area contributed by atoms with Crippen molar-refractivity contribution in [1.29, 1.82) is 0 Å². The molecule has 106 valence electrons. The van der Waals surface area contributed by atoms with Crippen LogP contribution in [-0.2, 0) is 0 Å². The smallest absolute Gasteiger partial charge is 0.0823 e. The third kappa shape index (κ3) is 3.11. The largest absolute Gasteiger partial charge is 0.377 e. The maximum atomic E-state index is 6.24. The molecule has 3 heteroatoms. The number of halogens is 2. The maximum absolute atomic E-state index is 6.24. The van der Waals surface area contributed by atoms with Crippen molar-refractivity contribution in [1.82, 2.24) is 0 Å². The van der Waals surface area contributed by atoms with Gasteiger partial charge < -0.3 is 5.32 Å². The second-order valence-electron chi connectivity index (χ2n) is 5.28. The van der Waals surface area contributed by atoms with E-state index in [2.05, 4.69) is 45.1 Å². The van der Waals surface area contributed by atoms with Gasteiger partial charge in [0.15, 0.2) is 0 Å². The highest BCUT2D eigenvalue weighted by Crippen LogP contribution is 2.33. The molecule has 0 bridgehead atoms. The van der Waals surface area contributed by atoms with Crippen molar-refractivity contribution in [2.24, 2.45) is 0 Å². The summed E-state index contributed by atoms with van der Waals surface area (Å²) in [5.41, 5.74) is 6.05.